The molecule has 108 valence electrons. The van der Waals surface area contributed by atoms with Crippen LogP contribution >= 0.6 is 23.2 Å². The molecule has 2 heterocycles. The molecule has 1 aliphatic carbocycles. The fourth-order valence-corrected chi connectivity index (χ4v) is 2.76. The van der Waals surface area contributed by atoms with E-state index in [0.29, 0.717) is 16.4 Å². The van der Waals surface area contributed by atoms with Gasteiger partial charge in [0.2, 0.25) is 0 Å². The molecule has 3 rings (SSSR count). The van der Waals surface area contributed by atoms with E-state index in [4.69, 9.17) is 23.2 Å². The van der Waals surface area contributed by atoms with Crippen LogP contribution in [0.4, 0.5) is 13.2 Å². The lowest BCUT2D eigenvalue weighted by Crippen LogP contribution is -2.36. The minimum atomic E-state index is -4.33. The van der Waals surface area contributed by atoms with Gasteiger partial charge in [0.25, 0.3) is 0 Å². The Labute approximate surface area is 122 Å². The van der Waals surface area contributed by atoms with Gasteiger partial charge >= 0.3 is 6.18 Å². The van der Waals surface area contributed by atoms with Crippen molar-refractivity contribution in [3.05, 3.63) is 23.1 Å². The van der Waals surface area contributed by atoms with Crippen molar-refractivity contribution in [1.82, 2.24) is 14.5 Å². The highest BCUT2D eigenvalue weighted by molar-refractivity contribution is 6.31. The Bertz CT molecular complexity index is 662. The first-order valence-electron chi connectivity index (χ1n) is 6.05. The van der Waals surface area contributed by atoms with Gasteiger partial charge in [-0.3, -0.25) is 4.57 Å². The summed E-state index contributed by atoms with van der Waals surface area (Å²) in [5.74, 6) is 0.505. The van der Waals surface area contributed by atoms with E-state index >= 15 is 0 Å². The molecule has 8 heteroatoms. The van der Waals surface area contributed by atoms with E-state index in [1.165, 1.54) is 16.8 Å². The number of nitrogens with zero attached hydrogens (tertiary/aromatic N) is 3. The Kier molecular flexibility index (Phi) is 3.14. The molecular formula is C12H10Cl2F3N3. The van der Waals surface area contributed by atoms with Crippen LogP contribution in [-0.4, -0.2) is 26.6 Å². The average molecular weight is 324 g/mol. The fourth-order valence-electron chi connectivity index (χ4n) is 2.44. The molecule has 20 heavy (non-hydrogen) atoms. The summed E-state index contributed by atoms with van der Waals surface area (Å²) in [5, 5.41) is 0.344. The van der Waals surface area contributed by atoms with Crippen molar-refractivity contribution in [2.45, 2.75) is 31.0 Å². The molecule has 1 fully saturated rings. The lowest BCUT2D eigenvalue weighted by molar-refractivity contribution is -0.179. The van der Waals surface area contributed by atoms with Crippen LogP contribution in [0.1, 0.15) is 18.7 Å². The summed E-state index contributed by atoms with van der Waals surface area (Å²) in [5.41, 5.74) is -1.30. The van der Waals surface area contributed by atoms with Crippen molar-refractivity contribution < 1.29 is 13.2 Å². The maximum Gasteiger partial charge on any atom is 0.412 e. The molecule has 0 bridgehead atoms. The first-order valence-corrected chi connectivity index (χ1v) is 6.96. The number of rotatable bonds is 3. The largest absolute Gasteiger partial charge is 0.412 e. The van der Waals surface area contributed by atoms with E-state index in [9.17, 15) is 13.2 Å². The minimum absolute atomic E-state index is 0.0432. The zero-order valence-electron chi connectivity index (χ0n) is 10.2. The topological polar surface area (TPSA) is 30.7 Å². The van der Waals surface area contributed by atoms with Crippen LogP contribution in [0.25, 0.3) is 11.2 Å². The van der Waals surface area contributed by atoms with Crippen molar-refractivity contribution in [1.29, 1.82) is 0 Å². The van der Waals surface area contributed by atoms with E-state index in [1.807, 2.05) is 0 Å². The van der Waals surface area contributed by atoms with Gasteiger partial charge in [0, 0.05) is 18.5 Å². The van der Waals surface area contributed by atoms with Gasteiger partial charge in [-0.05, 0) is 18.9 Å². The molecule has 0 unspecified atom stereocenters. The van der Waals surface area contributed by atoms with E-state index in [0.717, 1.165) is 0 Å². The number of aryl methyl sites for hydroxylation is 1. The molecular weight excluding hydrogens is 314 g/mol. The second-order valence-electron chi connectivity index (χ2n) is 4.83. The molecule has 0 amide bonds. The standard InChI is InChI=1S/C12H10Cl2F3N3/c13-4-1-9-19-8-5-7(14)6-18-10(8)20(9)11(2-3-11)12(15,16)17/h5-6H,1-4H2. The summed E-state index contributed by atoms with van der Waals surface area (Å²) >= 11 is 11.5. The van der Waals surface area contributed by atoms with Gasteiger partial charge in [-0.15, -0.1) is 11.6 Å². The normalized spacial score (nSPS) is 17.6. The molecule has 0 spiro atoms. The minimum Gasteiger partial charge on any atom is -0.297 e. The Morgan fingerprint density at radius 1 is 1.35 bits per heavy atom. The zero-order chi connectivity index (χ0) is 14.5. The Morgan fingerprint density at radius 2 is 2.05 bits per heavy atom. The zero-order valence-corrected chi connectivity index (χ0v) is 11.7. The van der Waals surface area contributed by atoms with Gasteiger partial charge in [0.1, 0.15) is 16.9 Å². The second kappa shape index (κ2) is 4.49. The van der Waals surface area contributed by atoms with Gasteiger partial charge in [-0.25, -0.2) is 9.97 Å². The molecule has 0 radical (unpaired) electrons. The number of halogens is 5. The van der Waals surface area contributed by atoms with Gasteiger partial charge in [0.05, 0.1) is 5.02 Å². The third kappa shape index (κ3) is 1.97. The number of hydrogen-bond donors (Lipinski definition) is 0. The molecule has 0 aromatic carbocycles. The molecule has 0 aliphatic heterocycles. The highest BCUT2D eigenvalue weighted by atomic mass is 35.5. The molecule has 2 aromatic rings. The molecule has 3 nitrogen and oxygen atoms in total. The van der Waals surface area contributed by atoms with Crippen molar-refractivity contribution >= 4 is 34.4 Å². The molecule has 2 aromatic heterocycles. The van der Waals surface area contributed by atoms with Crippen LogP contribution in [0, 0.1) is 0 Å². The van der Waals surface area contributed by atoms with Gasteiger partial charge in [0.15, 0.2) is 5.65 Å². The van der Waals surface area contributed by atoms with Crippen LogP contribution in [-0.2, 0) is 12.0 Å². The lowest BCUT2D eigenvalue weighted by Gasteiger charge is -2.23. The summed E-state index contributed by atoms with van der Waals surface area (Å²) in [6, 6.07) is 1.52. The number of hydrogen-bond acceptors (Lipinski definition) is 2. The first-order chi connectivity index (χ1) is 9.39. The van der Waals surface area contributed by atoms with Gasteiger partial charge in [-0.1, -0.05) is 11.6 Å². The van der Waals surface area contributed by atoms with Crippen molar-refractivity contribution in [2.75, 3.05) is 5.88 Å². The smallest absolute Gasteiger partial charge is 0.297 e. The second-order valence-corrected chi connectivity index (χ2v) is 5.64. The monoisotopic (exact) mass is 323 g/mol. The highest BCUT2D eigenvalue weighted by Gasteiger charge is 2.66. The highest BCUT2D eigenvalue weighted by Crippen LogP contribution is 2.56. The predicted octanol–water partition coefficient (Wildman–Crippen LogP) is 3.92. The molecule has 1 saturated carbocycles. The quantitative estimate of drug-likeness (QED) is 0.801. The number of aromatic nitrogens is 3. The SMILES string of the molecule is FC(F)(F)C1(n2c(CCCl)nc3cc(Cl)cnc32)CC1. The maximum absolute atomic E-state index is 13.4. The van der Waals surface area contributed by atoms with Gasteiger partial charge < -0.3 is 0 Å². The third-order valence-corrected chi connectivity index (χ3v) is 3.93. The fraction of sp³-hybridized carbons (Fsp3) is 0.500. The molecule has 0 saturated heterocycles. The number of pyridine rings is 1. The number of alkyl halides is 4. The Hall–Kier alpha value is -1.01. The van der Waals surface area contributed by atoms with Crippen LogP contribution in [0.15, 0.2) is 12.3 Å². The van der Waals surface area contributed by atoms with Crippen molar-refractivity contribution in [2.24, 2.45) is 0 Å². The van der Waals surface area contributed by atoms with E-state index in [2.05, 4.69) is 9.97 Å². The Morgan fingerprint density at radius 3 is 2.60 bits per heavy atom. The molecule has 1 aliphatic rings. The van der Waals surface area contributed by atoms with Gasteiger partial charge in [-0.2, -0.15) is 13.2 Å². The van der Waals surface area contributed by atoms with E-state index in [-0.39, 0.29) is 30.8 Å². The number of imidazole rings is 1. The van der Waals surface area contributed by atoms with Crippen molar-refractivity contribution in [3.8, 4) is 0 Å². The van der Waals surface area contributed by atoms with Crippen molar-refractivity contribution in [3.63, 3.8) is 0 Å². The lowest BCUT2D eigenvalue weighted by atomic mass is 10.2. The first kappa shape index (κ1) is 13.9. The van der Waals surface area contributed by atoms with Crippen LogP contribution in [0.5, 0.6) is 0 Å². The molecule has 0 atom stereocenters. The third-order valence-electron chi connectivity index (χ3n) is 3.53. The maximum atomic E-state index is 13.4. The molecule has 0 N–H and O–H groups in total. The predicted molar refractivity (Wildman–Crippen MR) is 70.2 cm³/mol. The van der Waals surface area contributed by atoms with E-state index < -0.39 is 11.7 Å². The summed E-state index contributed by atoms with van der Waals surface area (Å²) < 4.78 is 41.2. The van der Waals surface area contributed by atoms with E-state index in [1.54, 1.807) is 0 Å². The summed E-state index contributed by atoms with van der Waals surface area (Å²) in [6.07, 6.45) is -2.65. The van der Waals surface area contributed by atoms with Crippen LogP contribution in [0.3, 0.4) is 0 Å². The number of fused-ring (bicyclic) bond motifs is 1. The van der Waals surface area contributed by atoms with Crippen LogP contribution < -0.4 is 0 Å². The van der Waals surface area contributed by atoms with Crippen LogP contribution in [0.2, 0.25) is 5.02 Å². The average Bonchev–Trinajstić information content (AvgIpc) is 3.07. The summed E-state index contributed by atoms with van der Waals surface area (Å²) in [4.78, 5) is 8.24. The summed E-state index contributed by atoms with van der Waals surface area (Å²) in [7, 11) is 0. The summed E-state index contributed by atoms with van der Waals surface area (Å²) in [6.45, 7) is 0. The Balaban J connectivity index is 2.25.